The van der Waals surface area contributed by atoms with Crippen LogP contribution in [0.3, 0.4) is 0 Å². The number of pyridine rings is 1. The Kier molecular flexibility index (Phi) is 9.49. The van der Waals surface area contributed by atoms with Crippen LogP contribution in [0.2, 0.25) is 0 Å². The number of carbonyl (C=O) groups is 2. The van der Waals surface area contributed by atoms with Crippen LogP contribution in [0.5, 0.6) is 0 Å². The zero-order chi connectivity index (χ0) is 19.7. The van der Waals surface area contributed by atoms with Crippen LogP contribution in [0.1, 0.15) is 82.8 Å². The molecule has 0 saturated carbocycles. The van der Waals surface area contributed by atoms with Crippen LogP contribution < -0.4 is 5.73 Å². The highest BCUT2D eigenvalue weighted by molar-refractivity contribution is 6.03. The molecule has 26 heavy (non-hydrogen) atoms. The highest BCUT2D eigenvalue weighted by atomic mass is 16.2. The number of hydrogen-bond acceptors (Lipinski definition) is 4. The summed E-state index contributed by atoms with van der Waals surface area (Å²) in [6.45, 7) is 10.4. The molecule has 5 nitrogen and oxygen atoms in total. The smallest absolute Gasteiger partial charge is 0.223 e. The summed E-state index contributed by atoms with van der Waals surface area (Å²) in [5, 5.41) is 0. The minimum Gasteiger partial charge on any atom is -0.330 e. The van der Waals surface area contributed by atoms with Gasteiger partial charge in [0, 0.05) is 30.8 Å². The molecular weight excluding hydrogens is 326 g/mol. The van der Waals surface area contributed by atoms with E-state index in [0.29, 0.717) is 17.7 Å². The first-order valence-electron chi connectivity index (χ1n) is 9.88. The third-order valence-corrected chi connectivity index (χ3v) is 4.94. The maximum Gasteiger partial charge on any atom is 0.223 e. The Morgan fingerprint density at radius 2 is 1.88 bits per heavy atom. The summed E-state index contributed by atoms with van der Waals surface area (Å²) in [7, 11) is 0. The predicted molar refractivity (Wildman–Crippen MR) is 106 cm³/mol. The Bertz CT molecular complexity index is 586. The van der Waals surface area contributed by atoms with Crippen molar-refractivity contribution < 1.29 is 9.59 Å². The monoisotopic (exact) mass is 361 g/mol. The number of amides is 1. The molecule has 0 aliphatic rings. The molecule has 0 unspecified atom stereocenters. The van der Waals surface area contributed by atoms with E-state index in [-0.39, 0.29) is 30.2 Å². The van der Waals surface area contributed by atoms with Crippen LogP contribution in [0.15, 0.2) is 18.3 Å². The van der Waals surface area contributed by atoms with E-state index in [1.807, 2.05) is 20.8 Å². The van der Waals surface area contributed by atoms with Crippen molar-refractivity contribution >= 4 is 11.7 Å². The SMILES string of the molecule is CCCCCC(=O)N(C(C)C)[C@H](C(=O)c1cccnc1CN)[C@@H](C)CC. The van der Waals surface area contributed by atoms with Gasteiger partial charge in [-0.05, 0) is 38.3 Å². The van der Waals surface area contributed by atoms with Crippen LogP contribution in [-0.2, 0) is 11.3 Å². The van der Waals surface area contributed by atoms with Crippen molar-refractivity contribution in [2.24, 2.45) is 11.7 Å². The molecule has 2 atom stereocenters. The molecule has 5 heteroatoms. The lowest BCUT2D eigenvalue weighted by atomic mass is 9.88. The van der Waals surface area contributed by atoms with Crippen molar-refractivity contribution in [2.45, 2.75) is 85.4 Å². The van der Waals surface area contributed by atoms with Gasteiger partial charge in [-0.1, -0.05) is 40.0 Å². The number of carbonyl (C=O) groups excluding carboxylic acids is 2. The van der Waals surface area contributed by atoms with Gasteiger partial charge in [-0.25, -0.2) is 0 Å². The van der Waals surface area contributed by atoms with Crippen molar-refractivity contribution in [3.8, 4) is 0 Å². The van der Waals surface area contributed by atoms with E-state index in [0.717, 1.165) is 25.7 Å². The molecule has 0 fully saturated rings. The highest BCUT2D eigenvalue weighted by Gasteiger charge is 2.36. The van der Waals surface area contributed by atoms with E-state index in [2.05, 4.69) is 18.8 Å². The molecule has 0 radical (unpaired) electrons. The zero-order valence-corrected chi connectivity index (χ0v) is 17.0. The van der Waals surface area contributed by atoms with Gasteiger partial charge in [-0.2, -0.15) is 0 Å². The quantitative estimate of drug-likeness (QED) is 0.478. The fraction of sp³-hybridized carbons (Fsp3) is 0.667. The number of rotatable bonds is 11. The van der Waals surface area contributed by atoms with Crippen molar-refractivity contribution in [1.82, 2.24) is 9.88 Å². The predicted octanol–water partition coefficient (Wildman–Crippen LogP) is 3.96. The first kappa shape index (κ1) is 22.3. The Balaban J connectivity index is 3.23. The number of ketones is 1. The van der Waals surface area contributed by atoms with Crippen molar-refractivity contribution in [1.29, 1.82) is 0 Å². The summed E-state index contributed by atoms with van der Waals surface area (Å²) < 4.78 is 0. The minimum atomic E-state index is -0.483. The first-order chi connectivity index (χ1) is 12.4. The van der Waals surface area contributed by atoms with Crippen LogP contribution in [0.4, 0.5) is 0 Å². The van der Waals surface area contributed by atoms with Gasteiger partial charge in [0.05, 0.1) is 11.7 Å². The van der Waals surface area contributed by atoms with E-state index in [4.69, 9.17) is 5.73 Å². The number of nitrogens with zero attached hydrogens (tertiary/aromatic N) is 2. The number of hydrogen-bond donors (Lipinski definition) is 1. The number of nitrogens with two attached hydrogens (primary N) is 1. The molecule has 0 aliphatic carbocycles. The van der Waals surface area contributed by atoms with Gasteiger partial charge in [-0.15, -0.1) is 0 Å². The lowest BCUT2D eigenvalue weighted by molar-refractivity contribution is -0.135. The first-order valence-corrected chi connectivity index (χ1v) is 9.88. The Morgan fingerprint density at radius 1 is 1.19 bits per heavy atom. The van der Waals surface area contributed by atoms with Crippen molar-refractivity contribution in [3.63, 3.8) is 0 Å². The van der Waals surface area contributed by atoms with Crippen LogP contribution in [0.25, 0.3) is 0 Å². The molecule has 0 aromatic carbocycles. The summed E-state index contributed by atoms with van der Waals surface area (Å²) in [5.41, 5.74) is 6.90. The second-order valence-electron chi connectivity index (χ2n) is 7.25. The Labute approximate surface area is 158 Å². The van der Waals surface area contributed by atoms with E-state index in [9.17, 15) is 9.59 Å². The molecule has 146 valence electrons. The van der Waals surface area contributed by atoms with Gasteiger partial charge in [0.2, 0.25) is 5.91 Å². The standard InChI is InChI=1S/C21H35N3O2/c1-6-8-9-12-19(25)24(15(3)4)20(16(5)7-2)21(26)17-11-10-13-23-18(17)14-22/h10-11,13,15-16,20H,6-9,12,14,22H2,1-5H3/t16-,20-/m0/s1. The van der Waals surface area contributed by atoms with E-state index in [1.54, 1.807) is 23.2 Å². The van der Waals surface area contributed by atoms with Gasteiger partial charge < -0.3 is 10.6 Å². The Morgan fingerprint density at radius 3 is 2.42 bits per heavy atom. The average molecular weight is 362 g/mol. The van der Waals surface area contributed by atoms with Gasteiger partial charge >= 0.3 is 0 Å². The summed E-state index contributed by atoms with van der Waals surface area (Å²) >= 11 is 0. The summed E-state index contributed by atoms with van der Waals surface area (Å²) in [5.74, 6) is 0.0709. The normalized spacial score (nSPS) is 13.5. The lowest BCUT2D eigenvalue weighted by Crippen LogP contribution is -2.52. The largest absolute Gasteiger partial charge is 0.330 e. The van der Waals surface area contributed by atoms with Crippen LogP contribution >= 0.6 is 0 Å². The van der Waals surface area contributed by atoms with Crippen LogP contribution in [0, 0.1) is 5.92 Å². The molecule has 0 bridgehead atoms. The summed E-state index contributed by atoms with van der Waals surface area (Å²) in [4.78, 5) is 32.4. The van der Waals surface area contributed by atoms with Gasteiger partial charge in [0.15, 0.2) is 5.78 Å². The van der Waals surface area contributed by atoms with Crippen molar-refractivity contribution in [3.05, 3.63) is 29.6 Å². The highest BCUT2D eigenvalue weighted by Crippen LogP contribution is 2.24. The molecule has 1 amide bonds. The molecule has 1 aromatic rings. The van der Waals surface area contributed by atoms with Gasteiger partial charge in [0.25, 0.3) is 0 Å². The topological polar surface area (TPSA) is 76.3 Å². The zero-order valence-electron chi connectivity index (χ0n) is 17.0. The van der Waals surface area contributed by atoms with Gasteiger partial charge in [-0.3, -0.25) is 14.6 Å². The maximum atomic E-state index is 13.4. The minimum absolute atomic E-state index is 0.0370. The number of unbranched alkanes of at least 4 members (excludes halogenated alkanes) is 2. The molecule has 0 spiro atoms. The number of Topliss-reactive ketones (excluding diaryl/α,β-unsaturated/α-hetero) is 1. The van der Waals surface area contributed by atoms with E-state index in [1.165, 1.54) is 0 Å². The van der Waals surface area contributed by atoms with Crippen LogP contribution in [-0.4, -0.2) is 33.7 Å². The number of aromatic nitrogens is 1. The molecule has 2 N–H and O–H groups in total. The molecule has 0 saturated heterocycles. The second-order valence-corrected chi connectivity index (χ2v) is 7.25. The third kappa shape index (κ3) is 5.63. The molecule has 1 heterocycles. The van der Waals surface area contributed by atoms with Crippen molar-refractivity contribution in [2.75, 3.05) is 0 Å². The fourth-order valence-electron chi connectivity index (χ4n) is 3.29. The summed E-state index contributed by atoms with van der Waals surface area (Å²) in [6, 6.07) is 3.00. The average Bonchev–Trinajstić information content (AvgIpc) is 2.64. The van der Waals surface area contributed by atoms with E-state index < -0.39 is 6.04 Å². The third-order valence-electron chi connectivity index (χ3n) is 4.94. The molecule has 1 aromatic heterocycles. The molecular formula is C21H35N3O2. The molecule has 1 rings (SSSR count). The van der Waals surface area contributed by atoms with E-state index >= 15 is 0 Å². The summed E-state index contributed by atoms with van der Waals surface area (Å²) in [6.07, 6.45) is 5.91. The molecule has 0 aliphatic heterocycles. The maximum absolute atomic E-state index is 13.4. The van der Waals surface area contributed by atoms with Gasteiger partial charge in [0.1, 0.15) is 0 Å². The second kappa shape index (κ2) is 11.1. The fourth-order valence-corrected chi connectivity index (χ4v) is 3.29. The Hall–Kier alpha value is -1.75. The lowest BCUT2D eigenvalue weighted by Gasteiger charge is -2.38.